The van der Waals surface area contributed by atoms with Crippen LogP contribution in [-0.4, -0.2) is 19.4 Å². The molecule has 2 aromatic heterocycles. The predicted molar refractivity (Wildman–Crippen MR) is 73.0 cm³/mol. The fourth-order valence-corrected chi connectivity index (χ4v) is 1.94. The Morgan fingerprint density at radius 1 is 1.26 bits per heavy atom. The van der Waals surface area contributed by atoms with Gasteiger partial charge in [-0.1, -0.05) is 18.2 Å². The molecule has 96 valence electrons. The van der Waals surface area contributed by atoms with E-state index in [0.717, 1.165) is 11.3 Å². The molecule has 0 aliphatic carbocycles. The quantitative estimate of drug-likeness (QED) is 0.750. The second-order valence-corrected chi connectivity index (χ2v) is 4.35. The molecule has 0 aliphatic heterocycles. The van der Waals surface area contributed by atoms with Gasteiger partial charge < -0.3 is 0 Å². The highest BCUT2D eigenvalue weighted by Gasteiger charge is 2.08. The van der Waals surface area contributed by atoms with Gasteiger partial charge in [-0.05, 0) is 18.6 Å². The first-order chi connectivity index (χ1) is 9.16. The van der Waals surface area contributed by atoms with Crippen LogP contribution < -0.4 is 11.0 Å². The van der Waals surface area contributed by atoms with Gasteiger partial charge in [-0.2, -0.15) is 5.10 Å². The van der Waals surface area contributed by atoms with Crippen molar-refractivity contribution in [3.05, 3.63) is 52.7 Å². The molecule has 3 aromatic rings. The molecule has 0 aliphatic rings. The van der Waals surface area contributed by atoms with Crippen LogP contribution in [-0.2, 0) is 7.05 Å². The van der Waals surface area contributed by atoms with E-state index < -0.39 is 0 Å². The largest absolute Gasteiger partial charge is 0.290 e. The molecule has 3 rings (SSSR count). The summed E-state index contributed by atoms with van der Waals surface area (Å²) in [6.45, 7) is 1.98. The number of aromatic nitrogens is 4. The zero-order chi connectivity index (χ0) is 13.4. The highest BCUT2D eigenvalue weighted by molar-refractivity contribution is 5.72. The Balaban J connectivity index is 2.09. The summed E-state index contributed by atoms with van der Waals surface area (Å²) in [4.78, 5) is 16.5. The fraction of sp³-hybridized carbons (Fsp3) is 0.154. The van der Waals surface area contributed by atoms with E-state index in [4.69, 9.17) is 0 Å². The van der Waals surface area contributed by atoms with E-state index >= 15 is 0 Å². The smallest absolute Gasteiger partial charge is 0.283 e. The van der Waals surface area contributed by atoms with Crippen molar-refractivity contribution < 1.29 is 0 Å². The third kappa shape index (κ3) is 1.87. The molecule has 0 unspecified atom stereocenters. The minimum Gasteiger partial charge on any atom is -0.290 e. The van der Waals surface area contributed by atoms with Crippen LogP contribution in [0, 0.1) is 6.92 Å². The third-order valence-electron chi connectivity index (χ3n) is 3.04. The van der Waals surface area contributed by atoms with Gasteiger partial charge in [0.2, 0.25) is 0 Å². The van der Waals surface area contributed by atoms with Crippen molar-refractivity contribution in [2.75, 3.05) is 5.43 Å². The molecule has 0 bridgehead atoms. The van der Waals surface area contributed by atoms with Crippen molar-refractivity contribution in [3.8, 4) is 0 Å². The van der Waals surface area contributed by atoms with Gasteiger partial charge in [0.25, 0.3) is 5.56 Å². The van der Waals surface area contributed by atoms with Gasteiger partial charge >= 0.3 is 0 Å². The van der Waals surface area contributed by atoms with Gasteiger partial charge in [-0.15, -0.1) is 0 Å². The van der Waals surface area contributed by atoms with E-state index in [9.17, 15) is 4.79 Å². The van der Waals surface area contributed by atoms with Crippen molar-refractivity contribution >= 4 is 16.7 Å². The van der Waals surface area contributed by atoms with E-state index in [0.29, 0.717) is 11.0 Å². The van der Waals surface area contributed by atoms with Crippen LogP contribution in [0.5, 0.6) is 0 Å². The first-order valence-corrected chi connectivity index (χ1v) is 5.89. The zero-order valence-corrected chi connectivity index (χ0v) is 10.7. The van der Waals surface area contributed by atoms with Gasteiger partial charge in [0, 0.05) is 7.05 Å². The van der Waals surface area contributed by atoms with E-state index in [1.54, 1.807) is 11.7 Å². The van der Waals surface area contributed by atoms with Gasteiger partial charge in [0.1, 0.15) is 11.7 Å². The van der Waals surface area contributed by atoms with Gasteiger partial charge in [0.15, 0.2) is 5.65 Å². The number of rotatable bonds is 2. The molecule has 1 aromatic carbocycles. The zero-order valence-electron chi connectivity index (χ0n) is 10.7. The molecule has 6 heteroatoms. The normalized spacial score (nSPS) is 10.8. The van der Waals surface area contributed by atoms with Crippen LogP contribution in [0.15, 0.2) is 41.6 Å². The van der Waals surface area contributed by atoms with Crippen LogP contribution in [0.1, 0.15) is 5.56 Å². The van der Waals surface area contributed by atoms with Crippen molar-refractivity contribution in [1.29, 1.82) is 0 Å². The Hall–Kier alpha value is -2.63. The number of nitrogens with zero attached hydrogens (tertiary/aromatic N) is 4. The van der Waals surface area contributed by atoms with Crippen molar-refractivity contribution in [2.24, 2.45) is 7.05 Å². The lowest BCUT2D eigenvalue weighted by Crippen LogP contribution is -2.26. The first kappa shape index (κ1) is 11.5. The number of hydrogen-bond acceptors (Lipinski definition) is 4. The number of hydrogen-bond donors (Lipinski definition) is 1. The molecule has 0 atom stereocenters. The second kappa shape index (κ2) is 4.24. The van der Waals surface area contributed by atoms with Crippen LogP contribution in [0.2, 0.25) is 0 Å². The molecule has 0 saturated carbocycles. The second-order valence-electron chi connectivity index (χ2n) is 4.35. The Labute approximate surface area is 109 Å². The van der Waals surface area contributed by atoms with Gasteiger partial charge in [-0.25, -0.2) is 9.66 Å². The number of para-hydroxylation sites is 1. The molecule has 2 heterocycles. The molecule has 6 nitrogen and oxygen atoms in total. The summed E-state index contributed by atoms with van der Waals surface area (Å²) in [5.74, 6) is 0. The molecule has 1 N–H and O–H groups in total. The molecular formula is C13H13N5O. The standard InChI is InChI=1S/C13H13N5O/c1-9-5-3-4-6-11(9)16-18-8-14-12-10(13(18)19)7-15-17(12)2/h3-8,16H,1-2H3. The molecule has 0 amide bonds. The van der Waals surface area contributed by atoms with Crippen molar-refractivity contribution in [1.82, 2.24) is 19.4 Å². The SMILES string of the molecule is Cc1ccccc1Nn1cnc2c(cnn2C)c1=O. The lowest BCUT2D eigenvalue weighted by Gasteiger charge is -2.10. The maximum Gasteiger partial charge on any atom is 0.283 e. The van der Waals surface area contributed by atoms with Crippen molar-refractivity contribution in [3.63, 3.8) is 0 Å². The van der Waals surface area contributed by atoms with Gasteiger partial charge in [0.05, 0.1) is 11.9 Å². The summed E-state index contributed by atoms with van der Waals surface area (Å²) < 4.78 is 2.95. The average Bonchev–Trinajstić information content (AvgIpc) is 2.78. The Morgan fingerprint density at radius 2 is 2.05 bits per heavy atom. The summed E-state index contributed by atoms with van der Waals surface area (Å²) in [6.07, 6.45) is 3.00. The van der Waals surface area contributed by atoms with Crippen LogP contribution >= 0.6 is 0 Å². The van der Waals surface area contributed by atoms with E-state index in [-0.39, 0.29) is 5.56 Å². The van der Waals surface area contributed by atoms with Gasteiger partial charge in [-0.3, -0.25) is 14.9 Å². The average molecular weight is 255 g/mol. The molecule has 19 heavy (non-hydrogen) atoms. The molecular weight excluding hydrogens is 242 g/mol. The summed E-state index contributed by atoms with van der Waals surface area (Å²) >= 11 is 0. The topological polar surface area (TPSA) is 64.7 Å². The molecule has 0 spiro atoms. The minimum atomic E-state index is -0.165. The Bertz CT molecular complexity index is 802. The molecule has 0 fully saturated rings. The fourth-order valence-electron chi connectivity index (χ4n) is 1.94. The lowest BCUT2D eigenvalue weighted by atomic mass is 10.2. The maximum atomic E-state index is 12.3. The molecule has 0 radical (unpaired) electrons. The number of fused-ring (bicyclic) bond motifs is 1. The highest BCUT2D eigenvalue weighted by Crippen LogP contribution is 2.13. The third-order valence-corrected chi connectivity index (χ3v) is 3.04. The highest BCUT2D eigenvalue weighted by atomic mass is 16.1. The maximum absolute atomic E-state index is 12.3. The summed E-state index contributed by atoms with van der Waals surface area (Å²) in [5, 5.41) is 4.53. The number of benzene rings is 1. The number of aryl methyl sites for hydroxylation is 2. The van der Waals surface area contributed by atoms with E-state index in [1.807, 2.05) is 31.2 Å². The van der Waals surface area contributed by atoms with Crippen LogP contribution in [0.4, 0.5) is 5.69 Å². The predicted octanol–water partition coefficient (Wildman–Crippen LogP) is 1.31. The Kier molecular flexibility index (Phi) is 2.56. The Morgan fingerprint density at radius 3 is 2.84 bits per heavy atom. The van der Waals surface area contributed by atoms with E-state index in [1.165, 1.54) is 17.2 Å². The van der Waals surface area contributed by atoms with Crippen molar-refractivity contribution in [2.45, 2.75) is 6.92 Å². The summed E-state index contributed by atoms with van der Waals surface area (Å²) in [5.41, 5.74) is 5.38. The number of anilines is 1. The molecule has 0 saturated heterocycles. The first-order valence-electron chi connectivity index (χ1n) is 5.89. The summed E-state index contributed by atoms with van der Waals surface area (Å²) in [6, 6.07) is 7.75. The number of nitrogens with one attached hydrogen (secondary N) is 1. The monoisotopic (exact) mass is 255 g/mol. The van der Waals surface area contributed by atoms with Crippen LogP contribution in [0.3, 0.4) is 0 Å². The van der Waals surface area contributed by atoms with E-state index in [2.05, 4.69) is 15.5 Å². The lowest BCUT2D eigenvalue weighted by molar-refractivity contribution is 0.779. The van der Waals surface area contributed by atoms with Crippen LogP contribution in [0.25, 0.3) is 11.0 Å². The summed E-state index contributed by atoms with van der Waals surface area (Å²) in [7, 11) is 1.76. The minimum absolute atomic E-state index is 0.165.